The van der Waals surface area contributed by atoms with E-state index in [1.807, 2.05) is 0 Å². The van der Waals surface area contributed by atoms with E-state index in [0.29, 0.717) is 21.5 Å². The number of furan rings is 1. The van der Waals surface area contributed by atoms with Crippen LogP contribution < -0.4 is 5.73 Å². The smallest absolute Gasteiger partial charge is 0.178 e. The van der Waals surface area contributed by atoms with Gasteiger partial charge in [0.15, 0.2) is 10.5 Å². The minimum absolute atomic E-state index is 0.167. The number of rotatable bonds is 2. The van der Waals surface area contributed by atoms with E-state index in [2.05, 4.69) is 26.1 Å². The number of halogens is 3. The van der Waals surface area contributed by atoms with Crippen LogP contribution in [0.2, 0.25) is 5.02 Å². The number of hydrogen-bond donors (Lipinski definition) is 2. The van der Waals surface area contributed by atoms with Gasteiger partial charge in [-0.25, -0.2) is 4.39 Å². The molecule has 0 unspecified atom stereocenters. The third kappa shape index (κ3) is 2.01. The summed E-state index contributed by atoms with van der Waals surface area (Å²) in [6.07, 6.45) is 1.50. The van der Waals surface area contributed by atoms with Crippen LogP contribution in [0.1, 0.15) is 0 Å². The summed E-state index contributed by atoms with van der Waals surface area (Å²) in [4.78, 5) is 0. The number of aromatic amines is 1. The molecule has 4 nitrogen and oxygen atoms in total. The van der Waals surface area contributed by atoms with Crippen molar-refractivity contribution in [3.8, 4) is 22.4 Å². The molecule has 2 heterocycles. The molecular weight excluding hydrogens is 349 g/mol. The molecule has 0 radical (unpaired) electrons. The average Bonchev–Trinajstić information content (AvgIpc) is 2.97. The van der Waals surface area contributed by atoms with E-state index in [0.717, 1.165) is 0 Å². The molecule has 0 fully saturated rings. The van der Waals surface area contributed by atoms with Gasteiger partial charge in [0.05, 0.1) is 28.1 Å². The van der Waals surface area contributed by atoms with Gasteiger partial charge in [0.25, 0.3) is 0 Å². The normalized spacial score (nSPS) is 10.9. The summed E-state index contributed by atoms with van der Waals surface area (Å²) in [5, 5.41) is 6.98. The second kappa shape index (κ2) is 4.96. The summed E-state index contributed by atoms with van der Waals surface area (Å²) in [7, 11) is 0. The maximum atomic E-state index is 14.1. The maximum absolute atomic E-state index is 14.1. The van der Waals surface area contributed by atoms with Gasteiger partial charge in [-0.15, -0.1) is 0 Å². The molecule has 3 aromatic rings. The lowest BCUT2D eigenvalue weighted by Crippen LogP contribution is -1.92. The number of hydrogen-bond acceptors (Lipinski definition) is 3. The fourth-order valence-corrected chi connectivity index (χ4v) is 2.71. The molecule has 0 spiro atoms. The molecule has 0 saturated heterocycles. The highest BCUT2D eigenvalue weighted by Crippen LogP contribution is 2.41. The van der Waals surface area contributed by atoms with Crippen molar-refractivity contribution in [2.24, 2.45) is 0 Å². The Bertz CT molecular complexity index is 764. The SMILES string of the molecule is Nc1n[nH]c(-c2ccoc2Br)c1-c1c(F)cccc1Cl. The fourth-order valence-electron chi connectivity index (χ4n) is 2.01. The molecule has 0 aliphatic heterocycles. The monoisotopic (exact) mass is 355 g/mol. The van der Waals surface area contributed by atoms with E-state index in [1.54, 1.807) is 12.1 Å². The predicted octanol–water partition coefficient (Wildman–Crippen LogP) is 4.47. The molecule has 2 aromatic heterocycles. The highest BCUT2D eigenvalue weighted by atomic mass is 79.9. The number of nitrogens with one attached hydrogen (secondary N) is 1. The van der Waals surface area contributed by atoms with Crippen molar-refractivity contribution in [2.75, 3.05) is 5.73 Å². The highest BCUT2D eigenvalue weighted by Gasteiger charge is 2.22. The first-order valence-electron chi connectivity index (χ1n) is 5.61. The van der Waals surface area contributed by atoms with E-state index < -0.39 is 5.82 Å². The molecule has 20 heavy (non-hydrogen) atoms. The predicted molar refractivity (Wildman–Crippen MR) is 78.8 cm³/mol. The van der Waals surface area contributed by atoms with Gasteiger partial charge >= 0.3 is 0 Å². The maximum Gasteiger partial charge on any atom is 0.178 e. The Balaban J connectivity index is 2.31. The van der Waals surface area contributed by atoms with Crippen LogP contribution in [0, 0.1) is 5.82 Å². The zero-order valence-corrected chi connectivity index (χ0v) is 12.3. The second-order valence-corrected chi connectivity index (χ2v) is 5.19. The highest BCUT2D eigenvalue weighted by molar-refractivity contribution is 9.10. The van der Waals surface area contributed by atoms with Crippen molar-refractivity contribution in [3.05, 3.63) is 46.0 Å². The number of H-pyrrole nitrogens is 1. The zero-order chi connectivity index (χ0) is 14.3. The molecule has 0 amide bonds. The second-order valence-electron chi connectivity index (χ2n) is 4.06. The van der Waals surface area contributed by atoms with Crippen LogP contribution >= 0.6 is 27.5 Å². The number of nitrogens with zero attached hydrogens (tertiary/aromatic N) is 1. The summed E-state index contributed by atoms with van der Waals surface area (Å²) < 4.78 is 19.8. The number of nitrogens with two attached hydrogens (primary N) is 1. The molecule has 0 atom stereocenters. The molecule has 102 valence electrons. The summed E-state index contributed by atoms with van der Waals surface area (Å²) >= 11 is 9.37. The summed E-state index contributed by atoms with van der Waals surface area (Å²) in [5.41, 5.74) is 7.70. The van der Waals surface area contributed by atoms with Crippen LogP contribution in [0.5, 0.6) is 0 Å². The van der Waals surface area contributed by atoms with Crippen molar-refractivity contribution >= 4 is 33.3 Å². The van der Waals surface area contributed by atoms with Crippen molar-refractivity contribution < 1.29 is 8.81 Å². The van der Waals surface area contributed by atoms with Gasteiger partial charge in [-0.3, -0.25) is 5.10 Å². The lowest BCUT2D eigenvalue weighted by Gasteiger charge is -2.07. The third-order valence-corrected chi connectivity index (χ3v) is 3.82. The van der Waals surface area contributed by atoms with Crippen LogP contribution in [-0.2, 0) is 0 Å². The minimum Gasteiger partial charge on any atom is -0.457 e. The Morgan fingerprint density at radius 1 is 1.30 bits per heavy atom. The van der Waals surface area contributed by atoms with Gasteiger partial charge in [-0.05, 0) is 34.1 Å². The molecule has 0 bridgehead atoms. The van der Waals surface area contributed by atoms with Gasteiger partial charge in [-0.2, -0.15) is 5.10 Å². The topological polar surface area (TPSA) is 67.8 Å². The van der Waals surface area contributed by atoms with E-state index in [9.17, 15) is 4.39 Å². The van der Waals surface area contributed by atoms with E-state index in [1.165, 1.54) is 18.4 Å². The Kier molecular flexibility index (Phi) is 3.27. The molecule has 0 saturated carbocycles. The third-order valence-electron chi connectivity index (χ3n) is 2.89. The van der Waals surface area contributed by atoms with Gasteiger partial charge in [0.1, 0.15) is 5.82 Å². The Morgan fingerprint density at radius 3 is 2.75 bits per heavy atom. The van der Waals surface area contributed by atoms with Crippen molar-refractivity contribution in [1.82, 2.24) is 10.2 Å². The minimum atomic E-state index is -0.466. The quantitative estimate of drug-likeness (QED) is 0.711. The van der Waals surface area contributed by atoms with Gasteiger partial charge in [0.2, 0.25) is 0 Å². The van der Waals surface area contributed by atoms with Gasteiger partial charge in [-0.1, -0.05) is 17.7 Å². The molecular formula is C13H8BrClFN3O. The standard InChI is InChI=1S/C13H8BrClFN3O/c14-12-6(4-5-20-12)11-10(13(17)19-18-11)9-7(15)2-1-3-8(9)16/h1-5H,(H3,17,18,19). The van der Waals surface area contributed by atoms with Gasteiger partial charge < -0.3 is 10.2 Å². The van der Waals surface area contributed by atoms with Crippen LogP contribution in [0.15, 0.2) is 39.6 Å². The molecule has 0 aliphatic rings. The molecule has 7 heteroatoms. The number of nitrogen functional groups attached to an aromatic ring is 1. The lowest BCUT2D eigenvalue weighted by atomic mass is 10.0. The number of benzene rings is 1. The van der Waals surface area contributed by atoms with E-state index >= 15 is 0 Å². The average molecular weight is 357 g/mol. The molecule has 3 N–H and O–H groups in total. The van der Waals surface area contributed by atoms with Crippen LogP contribution in [0.4, 0.5) is 10.2 Å². The van der Waals surface area contributed by atoms with Crippen molar-refractivity contribution in [2.45, 2.75) is 0 Å². The van der Waals surface area contributed by atoms with E-state index in [4.69, 9.17) is 21.8 Å². The van der Waals surface area contributed by atoms with Crippen molar-refractivity contribution in [1.29, 1.82) is 0 Å². The van der Waals surface area contributed by atoms with Crippen molar-refractivity contribution in [3.63, 3.8) is 0 Å². The van der Waals surface area contributed by atoms with Crippen LogP contribution in [0.25, 0.3) is 22.4 Å². The Morgan fingerprint density at radius 2 is 2.10 bits per heavy atom. The number of aromatic nitrogens is 2. The fraction of sp³-hybridized carbons (Fsp3) is 0. The van der Waals surface area contributed by atoms with Crippen LogP contribution in [0.3, 0.4) is 0 Å². The molecule has 3 rings (SSSR count). The Hall–Kier alpha value is -1.79. The van der Waals surface area contributed by atoms with Crippen LogP contribution in [-0.4, -0.2) is 10.2 Å². The first kappa shape index (κ1) is 13.2. The first-order valence-corrected chi connectivity index (χ1v) is 6.78. The first-order chi connectivity index (χ1) is 9.59. The summed E-state index contributed by atoms with van der Waals surface area (Å²) in [5.74, 6) is -0.299. The number of anilines is 1. The van der Waals surface area contributed by atoms with Gasteiger partial charge in [0, 0.05) is 5.56 Å². The van der Waals surface area contributed by atoms with E-state index in [-0.39, 0.29) is 16.4 Å². The Labute approximate surface area is 126 Å². The largest absolute Gasteiger partial charge is 0.457 e. The summed E-state index contributed by atoms with van der Waals surface area (Å²) in [6.45, 7) is 0. The molecule has 1 aromatic carbocycles. The summed E-state index contributed by atoms with van der Waals surface area (Å²) in [6, 6.07) is 6.17. The molecule has 0 aliphatic carbocycles. The lowest BCUT2D eigenvalue weighted by molar-refractivity contribution is 0.542. The zero-order valence-electron chi connectivity index (χ0n) is 9.95.